The first-order chi connectivity index (χ1) is 9.72. The monoisotopic (exact) mass is 286 g/mol. The van der Waals surface area contributed by atoms with E-state index < -0.39 is 0 Å². The number of imidazole rings is 1. The van der Waals surface area contributed by atoms with Crippen molar-refractivity contribution in [3.8, 4) is 17.3 Å². The van der Waals surface area contributed by atoms with Crippen LogP contribution in [0.25, 0.3) is 28.1 Å². The summed E-state index contributed by atoms with van der Waals surface area (Å²) >= 11 is 5.90. The van der Waals surface area contributed by atoms with Crippen LogP contribution in [0.2, 0.25) is 5.15 Å². The van der Waals surface area contributed by atoms with Crippen molar-refractivity contribution in [3.63, 3.8) is 0 Å². The summed E-state index contributed by atoms with van der Waals surface area (Å²) in [6, 6.07) is 6.81. The molecule has 0 bridgehead atoms. The number of aromatic nitrogens is 4. The Morgan fingerprint density at radius 2 is 2.10 bits per heavy atom. The van der Waals surface area contributed by atoms with Gasteiger partial charge in [0.25, 0.3) is 0 Å². The molecule has 7 heteroatoms. The van der Waals surface area contributed by atoms with Gasteiger partial charge in [0, 0.05) is 12.3 Å². The minimum Gasteiger partial charge on any atom is -0.493 e. The second-order valence-corrected chi connectivity index (χ2v) is 4.61. The van der Waals surface area contributed by atoms with Gasteiger partial charge in [0.2, 0.25) is 5.88 Å². The van der Waals surface area contributed by atoms with Gasteiger partial charge in [-0.15, -0.1) is 0 Å². The number of halogens is 1. The van der Waals surface area contributed by atoms with Crippen LogP contribution < -0.4 is 0 Å². The maximum atomic E-state index is 9.71. The summed E-state index contributed by atoms with van der Waals surface area (Å²) in [7, 11) is 0. The molecule has 0 saturated carbocycles. The zero-order valence-corrected chi connectivity index (χ0v) is 10.7. The molecule has 0 amide bonds. The van der Waals surface area contributed by atoms with E-state index in [1.54, 1.807) is 35.0 Å². The van der Waals surface area contributed by atoms with Crippen LogP contribution in [-0.2, 0) is 0 Å². The van der Waals surface area contributed by atoms with Crippen LogP contribution >= 0.6 is 11.6 Å². The van der Waals surface area contributed by atoms with Gasteiger partial charge < -0.3 is 9.52 Å². The molecule has 0 fully saturated rings. The molecule has 0 aliphatic carbocycles. The summed E-state index contributed by atoms with van der Waals surface area (Å²) in [6.07, 6.45) is 3.12. The van der Waals surface area contributed by atoms with E-state index in [1.807, 2.05) is 0 Å². The Morgan fingerprint density at radius 1 is 1.20 bits per heavy atom. The van der Waals surface area contributed by atoms with Crippen LogP contribution in [0.3, 0.4) is 0 Å². The molecule has 4 aromatic heterocycles. The maximum Gasteiger partial charge on any atom is 0.222 e. The van der Waals surface area contributed by atoms with Gasteiger partial charge in [0.15, 0.2) is 11.4 Å². The zero-order chi connectivity index (χ0) is 13.7. The third-order valence-electron chi connectivity index (χ3n) is 3.01. The Kier molecular flexibility index (Phi) is 2.22. The van der Waals surface area contributed by atoms with Crippen molar-refractivity contribution >= 4 is 28.2 Å². The molecule has 0 aliphatic heterocycles. The molecule has 0 saturated heterocycles. The predicted octanol–water partition coefficient (Wildman–Crippen LogP) is 2.90. The van der Waals surface area contributed by atoms with E-state index in [9.17, 15) is 5.11 Å². The van der Waals surface area contributed by atoms with Crippen LogP contribution in [-0.4, -0.2) is 24.7 Å². The van der Waals surface area contributed by atoms with Gasteiger partial charge in [0.05, 0.1) is 11.6 Å². The van der Waals surface area contributed by atoms with Crippen LogP contribution in [0.5, 0.6) is 5.88 Å². The molecule has 0 spiro atoms. The van der Waals surface area contributed by atoms with Gasteiger partial charge in [-0.2, -0.15) is 5.10 Å². The van der Waals surface area contributed by atoms with Crippen molar-refractivity contribution in [2.45, 2.75) is 0 Å². The van der Waals surface area contributed by atoms with Gasteiger partial charge in [-0.1, -0.05) is 11.6 Å². The summed E-state index contributed by atoms with van der Waals surface area (Å²) in [5.41, 5.74) is 1.86. The Hall–Kier alpha value is -2.60. The lowest BCUT2D eigenvalue weighted by Gasteiger charge is -1.97. The molecule has 0 aliphatic rings. The van der Waals surface area contributed by atoms with E-state index in [2.05, 4.69) is 15.1 Å². The molecule has 1 N–H and O–H groups in total. The maximum absolute atomic E-state index is 9.71. The number of nitrogens with zero attached hydrogens (tertiary/aromatic N) is 4. The highest BCUT2D eigenvalue weighted by atomic mass is 35.5. The Balaban J connectivity index is 2.01. The van der Waals surface area contributed by atoms with E-state index in [4.69, 9.17) is 16.0 Å². The van der Waals surface area contributed by atoms with E-state index in [0.717, 1.165) is 0 Å². The van der Waals surface area contributed by atoms with Gasteiger partial charge in [-0.25, -0.2) is 14.5 Å². The van der Waals surface area contributed by atoms with Crippen molar-refractivity contribution < 1.29 is 9.52 Å². The number of fused-ring (bicyclic) bond motifs is 2. The van der Waals surface area contributed by atoms with Crippen molar-refractivity contribution in [1.82, 2.24) is 19.6 Å². The Labute approximate surface area is 117 Å². The van der Waals surface area contributed by atoms with Crippen molar-refractivity contribution in [2.24, 2.45) is 0 Å². The first-order valence-corrected chi connectivity index (χ1v) is 6.18. The molecule has 4 heterocycles. The first kappa shape index (κ1) is 11.2. The van der Waals surface area contributed by atoms with E-state index >= 15 is 0 Å². The largest absolute Gasteiger partial charge is 0.493 e. The molecule has 4 aromatic rings. The lowest BCUT2D eigenvalue weighted by Crippen LogP contribution is -1.93. The summed E-state index contributed by atoms with van der Waals surface area (Å²) in [6.45, 7) is 0. The summed E-state index contributed by atoms with van der Waals surface area (Å²) in [5.74, 6) is 0.461. The molecule has 4 rings (SSSR count). The lowest BCUT2D eigenvalue weighted by molar-refractivity contribution is 0.460. The molecule has 0 unspecified atom stereocenters. The molecular weight excluding hydrogens is 280 g/mol. The summed E-state index contributed by atoms with van der Waals surface area (Å²) in [4.78, 5) is 8.05. The van der Waals surface area contributed by atoms with Crippen LogP contribution in [0.15, 0.2) is 41.1 Å². The number of aromatic hydroxyl groups is 1. The highest BCUT2D eigenvalue weighted by Gasteiger charge is 2.14. The van der Waals surface area contributed by atoms with E-state index in [1.165, 1.54) is 6.20 Å². The predicted molar refractivity (Wildman–Crippen MR) is 72.7 cm³/mol. The normalized spacial score (nSPS) is 11.4. The van der Waals surface area contributed by atoms with Gasteiger partial charge in [0.1, 0.15) is 16.4 Å². The number of furan rings is 1. The van der Waals surface area contributed by atoms with Crippen LogP contribution in [0, 0.1) is 0 Å². The van der Waals surface area contributed by atoms with Gasteiger partial charge in [-0.3, -0.25) is 0 Å². The Bertz CT molecular complexity index is 944. The first-order valence-electron chi connectivity index (χ1n) is 5.80. The average molecular weight is 287 g/mol. The molecule has 0 radical (unpaired) electrons. The van der Waals surface area contributed by atoms with E-state index in [-0.39, 0.29) is 5.88 Å². The topological polar surface area (TPSA) is 76.5 Å². The minimum atomic E-state index is -0.0719. The Morgan fingerprint density at radius 3 is 2.95 bits per heavy atom. The molecule has 0 atom stereocenters. The van der Waals surface area contributed by atoms with E-state index in [0.29, 0.717) is 33.2 Å². The molecule has 6 nitrogen and oxygen atoms in total. The number of rotatable bonds is 1. The second-order valence-electron chi connectivity index (χ2n) is 4.23. The number of hydrogen-bond donors (Lipinski definition) is 1. The minimum absolute atomic E-state index is 0.0719. The van der Waals surface area contributed by atoms with Gasteiger partial charge >= 0.3 is 0 Å². The fourth-order valence-electron chi connectivity index (χ4n) is 2.09. The molecule has 98 valence electrons. The number of hydrogen-bond acceptors (Lipinski definition) is 5. The van der Waals surface area contributed by atoms with Crippen LogP contribution in [0.1, 0.15) is 0 Å². The fourth-order valence-corrected chi connectivity index (χ4v) is 2.23. The second kappa shape index (κ2) is 3.94. The summed E-state index contributed by atoms with van der Waals surface area (Å²) in [5, 5.41) is 14.8. The van der Waals surface area contributed by atoms with Crippen LogP contribution in [0.4, 0.5) is 0 Å². The molecule has 0 aromatic carbocycles. The lowest BCUT2D eigenvalue weighted by atomic mass is 10.3. The highest BCUT2D eigenvalue weighted by molar-refractivity contribution is 6.29. The zero-order valence-electron chi connectivity index (χ0n) is 9.99. The van der Waals surface area contributed by atoms with Crippen molar-refractivity contribution in [1.29, 1.82) is 0 Å². The molecular formula is C13H7ClN4O2. The average Bonchev–Trinajstić information content (AvgIpc) is 3.02. The molecule has 20 heavy (non-hydrogen) atoms. The SMILES string of the molecule is Oc1nccc2oc(-c3cnc4ccc(Cl)nn34)cc12. The van der Waals surface area contributed by atoms with Gasteiger partial charge in [-0.05, 0) is 18.2 Å². The number of pyridine rings is 1. The standard InChI is InChI=1S/C13H7ClN4O2/c14-11-1-2-12-16-6-8(18(12)17-11)10-5-7-9(20-10)3-4-15-13(7)19/h1-6H,(H,15,19). The van der Waals surface area contributed by atoms with Crippen molar-refractivity contribution in [2.75, 3.05) is 0 Å². The van der Waals surface area contributed by atoms with Crippen molar-refractivity contribution in [3.05, 3.63) is 41.8 Å². The third kappa shape index (κ3) is 1.55. The highest BCUT2D eigenvalue weighted by Crippen LogP contribution is 2.31. The third-order valence-corrected chi connectivity index (χ3v) is 3.21. The smallest absolute Gasteiger partial charge is 0.222 e. The summed E-state index contributed by atoms with van der Waals surface area (Å²) < 4.78 is 7.29. The quantitative estimate of drug-likeness (QED) is 0.582. The fraction of sp³-hybridized carbons (Fsp3) is 0.